The average Bonchev–Trinajstić information content (AvgIpc) is 2.56. The Morgan fingerprint density at radius 2 is 2.17 bits per heavy atom. The lowest BCUT2D eigenvalue weighted by molar-refractivity contribution is -0.120. The first kappa shape index (κ1) is 15.4. The molecule has 120 valence electrons. The summed E-state index contributed by atoms with van der Waals surface area (Å²) in [5, 5.41) is 11.0. The van der Waals surface area contributed by atoms with Crippen LogP contribution in [0.3, 0.4) is 0 Å². The van der Waals surface area contributed by atoms with Crippen molar-refractivity contribution in [2.75, 3.05) is 23.3 Å². The molecule has 1 aromatic carbocycles. The van der Waals surface area contributed by atoms with Crippen LogP contribution in [-0.4, -0.2) is 29.2 Å². The Morgan fingerprint density at radius 1 is 1.30 bits per heavy atom. The normalized spacial score (nSPS) is 17.8. The molecular formula is C17H19FN4O. The van der Waals surface area contributed by atoms with Crippen LogP contribution in [0.4, 0.5) is 15.9 Å². The molecule has 6 heteroatoms. The van der Waals surface area contributed by atoms with Crippen molar-refractivity contribution < 1.29 is 9.18 Å². The molecule has 0 radical (unpaired) electrons. The predicted molar refractivity (Wildman–Crippen MR) is 86.7 cm³/mol. The number of hydrogen-bond donors (Lipinski definition) is 1. The lowest BCUT2D eigenvalue weighted by Gasteiger charge is -2.32. The van der Waals surface area contributed by atoms with Crippen LogP contribution in [0.15, 0.2) is 36.4 Å². The number of rotatable bonds is 3. The number of piperidine rings is 1. The maximum Gasteiger partial charge on any atom is 0.229 e. The van der Waals surface area contributed by atoms with Crippen molar-refractivity contribution in [3.63, 3.8) is 0 Å². The molecule has 5 nitrogen and oxygen atoms in total. The van der Waals surface area contributed by atoms with Gasteiger partial charge in [-0.25, -0.2) is 4.39 Å². The minimum atomic E-state index is -0.358. The zero-order valence-corrected chi connectivity index (χ0v) is 13.0. The molecule has 1 N–H and O–H groups in total. The maximum atomic E-state index is 13.2. The molecule has 2 heterocycles. The number of nitrogens with zero attached hydrogens (tertiary/aromatic N) is 3. The topological polar surface area (TPSA) is 58.1 Å². The highest BCUT2D eigenvalue weighted by atomic mass is 19.1. The first-order valence-electron chi connectivity index (χ1n) is 7.73. The second-order valence-corrected chi connectivity index (χ2v) is 5.82. The second-order valence-electron chi connectivity index (χ2n) is 5.82. The Morgan fingerprint density at radius 3 is 2.91 bits per heavy atom. The number of hydrogen-bond acceptors (Lipinski definition) is 4. The Hall–Kier alpha value is -2.50. The van der Waals surface area contributed by atoms with Crippen molar-refractivity contribution in [3.05, 3.63) is 47.9 Å². The standard InChI is InChI=1S/C17H19FN4O/c1-12-7-8-16(21-20-12)22-9-3-4-13(11-22)17(23)19-15-6-2-5-14(18)10-15/h2,5-8,10,13H,3-4,9,11H2,1H3,(H,19,23). The summed E-state index contributed by atoms with van der Waals surface area (Å²) in [6.45, 7) is 3.35. The summed E-state index contributed by atoms with van der Waals surface area (Å²) in [5.41, 5.74) is 1.36. The van der Waals surface area contributed by atoms with Crippen LogP contribution in [0.1, 0.15) is 18.5 Å². The van der Waals surface area contributed by atoms with Gasteiger partial charge in [-0.3, -0.25) is 4.79 Å². The molecule has 1 aliphatic rings. The van der Waals surface area contributed by atoms with Crippen LogP contribution in [0.5, 0.6) is 0 Å². The Kier molecular flexibility index (Phi) is 4.50. The number of benzene rings is 1. The van der Waals surface area contributed by atoms with Gasteiger partial charge in [0.05, 0.1) is 11.6 Å². The van der Waals surface area contributed by atoms with E-state index in [1.165, 1.54) is 12.1 Å². The quantitative estimate of drug-likeness (QED) is 0.946. The van der Waals surface area contributed by atoms with E-state index in [0.29, 0.717) is 12.2 Å². The van der Waals surface area contributed by atoms with E-state index in [-0.39, 0.29) is 17.6 Å². The van der Waals surface area contributed by atoms with Gasteiger partial charge in [-0.2, -0.15) is 5.10 Å². The fourth-order valence-corrected chi connectivity index (χ4v) is 2.77. The number of halogens is 1. The van der Waals surface area contributed by atoms with Crippen molar-refractivity contribution in [1.29, 1.82) is 0 Å². The Balaban J connectivity index is 1.65. The fraction of sp³-hybridized carbons (Fsp3) is 0.353. The van der Waals surface area contributed by atoms with Gasteiger partial charge in [0.25, 0.3) is 0 Å². The van der Waals surface area contributed by atoms with Gasteiger partial charge in [0.2, 0.25) is 5.91 Å². The van der Waals surface area contributed by atoms with Crippen LogP contribution in [-0.2, 0) is 4.79 Å². The summed E-state index contributed by atoms with van der Waals surface area (Å²) in [7, 11) is 0. The Labute approximate surface area is 134 Å². The summed E-state index contributed by atoms with van der Waals surface area (Å²) >= 11 is 0. The highest BCUT2D eigenvalue weighted by molar-refractivity contribution is 5.93. The highest BCUT2D eigenvalue weighted by Crippen LogP contribution is 2.22. The number of amides is 1. The van der Waals surface area contributed by atoms with Crippen LogP contribution >= 0.6 is 0 Å². The molecule has 0 spiro atoms. The smallest absolute Gasteiger partial charge is 0.229 e. The maximum absolute atomic E-state index is 13.2. The molecule has 1 atom stereocenters. The summed E-state index contributed by atoms with van der Waals surface area (Å²) in [6.07, 6.45) is 1.73. The van der Waals surface area contributed by atoms with E-state index in [2.05, 4.69) is 20.4 Å². The Bertz CT molecular complexity index is 689. The van der Waals surface area contributed by atoms with Gasteiger partial charge in [0.15, 0.2) is 5.82 Å². The third-order valence-electron chi connectivity index (χ3n) is 3.99. The van der Waals surface area contributed by atoms with Crippen molar-refractivity contribution in [1.82, 2.24) is 10.2 Å². The van der Waals surface area contributed by atoms with E-state index in [1.54, 1.807) is 12.1 Å². The molecule has 0 saturated carbocycles. The molecule has 1 fully saturated rings. The van der Waals surface area contributed by atoms with Gasteiger partial charge in [-0.05, 0) is 50.1 Å². The van der Waals surface area contributed by atoms with Crippen molar-refractivity contribution in [3.8, 4) is 0 Å². The van der Waals surface area contributed by atoms with E-state index in [1.807, 2.05) is 19.1 Å². The van der Waals surface area contributed by atoms with Crippen LogP contribution in [0.25, 0.3) is 0 Å². The third kappa shape index (κ3) is 3.83. The first-order valence-corrected chi connectivity index (χ1v) is 7.73. The predicted octanol–water partition coefficient (Wildman–Crippen LogP) is 2.78. The molecule has 2 aromatic rings. The zero-order chi connectivity index (χ0) is 16.2. The average molecular weight is 314 g/mol. The molecule has 1 aliphatic heterocycles. The molecule has 1 amide bonds. The minimum absolute atomic E-state index is 0.0830. The number of carbonyl (C=O) groups is 1. The summed E-state index contributed by atoms with van der Waals surface area (Å²) in [6, 6.07) is 9.79. The van der Waals surface area contributed by atoms with Crippen LogP contribution < -0.4 is 10.2 Å². The molecule has 3 rings (SSSR count). The highest BCUT2D eigenvalue weighted by Gasteiger charge is 2.26. The lowest BCUT2D eigenvalue weighted by Crippen LogP contribution is -2.41. The van der Waals surface area contributed by atoms with E-state index >= 15 is 0 Å². The molecular weight excluding hydrogens is 295 g/mol. The molecule has 23 heavy (non-hydrogen) atoms. The molecule has 0 aliphatic carbocycles. The lowest BCUT2D eigenvalue weighted by atomic mass is 9.97. The number of nitrogens with one attached hydrogen (secondary N) is 1. The molecule has 1 saturated heterocycles. The van der Waals surface area contributed by atoms with Gasteiger partial charge in [0, 0.05) is 18.8 Å². The van der Waals surface area contributed by atoms with E-state index in [0.717, 1.165) is 30.9 Å². The van der Waals surface area contributed by atoms with Gasteiger partial charge in [0.1, 0.15) is 5.82 Å². The van der Waals surface area contributed by atoms with Gasteiger partial charge in [-0.15, -0.1) is 5.10 Å². The summed E-state index contributed by atoms with van der Waals surface area (Å²) in [4.78, 5) is 14.5. The largest absolute Gasteiger partial charge is 0.354 e. The fourth-order valence-electron chi connectivity index (χ4n) is 2.77. The SMILES string of the molecule is Cc1ccc(N2CCCC(C(=O)Nc3cccc(F)c3)C2)nn1. The van der Waals surface area contributed by atoms with Gasteiger partial charge >= 0.3 is 0 Å². The van der Waals surface area contributed by atoms with Crippen LogP contribution in [0, 0.1) is 18.7 Å². The molecule has 0 bridgehead atoms. The van der Waals surface area contributed by atoms with Crippen molar-refractivity contribution in [2.24, 2.45) is 5.92 Å². The number of aromatic nitrogens is 2. The van der Waals surface area contributed by atoms with Gasteiger partial charge in [-0.1, -0.05) is 6.07 Å². The van der Waals surface area contributed by atoms with Gasteiger partial charge < -0.3 is 10.2 Å². The minimum Gasteiger partial charge on any atom is -0.354 e. The third-order valence-corrected chi connectivity index (χ3v) is 3.99. The molecule has 1 unspecified atom stereocenters. The zero-order valence-electron chi connectivity index (χ0n) is 13.0. The summed E-state index contributed by atoms with van der Waals surface area (Å²) in [5.74, 6) is 0.206. The first-order chi connectivity index (χ1) is 11.1. The van der Waals surface area contributed by atoms with E-state index in [4.69, 9.17) is 0 Å². The van der Waals surface area contributed by atoms with Crippen molar-refractivity contribution in [2.45, 2.75) is 19.8 Å². The van der Waals surface area contributed by atoms with Crippen LogP contribution in [0.2, 0.25) is 0 Å². The summed E-state index contributed by atoms with van der Waals surface area (Å²) < 4.78 is 13.2. The second kappa shape index (κ2) is 6.73. The van der Waals surface area contributed by atoms with E-state index < -0.39 is 0 Å². The van der Waals surface area contributed by atoms with E-state index in [9.17, 15) is 9.18 Å². The molecule has 1 aromatic heterocycles. The monoisotopic (exact) mass is 314 g/mol. The number of carbonyl (C=O) groups excluding carboxylic acids is 1. The van der Waals surface area contributed by atoms with Crippen molar-refractivity contribution >= 4 is 17.4 Å². The number of aryl methyl sites for hydroxylation is 1. The number of anilines is 2.